The number of amides is 1. The lowest BCUT2D eigenvalue weighted by atomic mass is 10.00. The minimum Gasteiger partial charge on any atom is -0.478 e. The fourth-order valence-corrected chi connectivity index (χ4v) is 5.74. The van der Waals surface area contributed by atoms with Gasteiger partial charge < -0.3 is 10.0 Å². The summed E-state index contributed by atoms with van der Waals surface area (Å²) in [6.07, 6.45) is 3.98. The number of thioether (sulfide) groups is 1. The van der Waals surface area contributed by atoms with E-state index in [-0.39, 0.29) is 16.7 Å². The topological polar surface area (TPSA) is 70.5 Å². The molecule has 7 heteroatoms. The summed E-state index contributed by atoms with van der Waals surface area (Å²) in [5.41, 5.74) is 5.38. The standard InChI is InChI=1S/C34H27ClN2O3S/c1-37(2)33(38)24-12-17-30(18-13-24)41-32(26-7-4-8-27(20-26)34(39)40)25-6-3-5-22(19-25)9-15-29-16-11-23-10-14-28(35)21-31(23)36-29/h3-21,32H,1-2H3,(H,39,40). The molecule has 5 nitrogen and oxygen atoms in total. The Labute approximate surface area is 248 Å². The van der Waals surface area contributed by atoms with Crippen LogP contribution in [-0.4, -0.2) is 41.0 Å². The van der Waals surface area contributed by atoms with E-state index < -0.39 is 5.97 Å². The highest BCUT2D eigenvalue weighted by molar-refractivity contribution is 7.99. The van der Waals surface area contributed by atoms with E-state index in [0.717, 1.165) is 38.2 Å². The summed E-state index contributed by atoms with van der Waals surface area (Å²) in [5, 5.41) is 11.1. The molecule has 1 N–H and O–H groups in total. The fourth-order valence-electron chi connectivity index (χ4n) is 4.44. The number of rotatable bonds is 8. The summed E-state index contributed by atoms with van der Waals surface area (Å²) in [4.78, 5) is 31.3. The molecule has 1 heterocycles. The number of carboxylic acid groups (broad SMARTS) is 1. The van der Waals surface area contributed by atoms with Gasteiger partial charge in [0, 0.05) is 35.0 Å². The second-order valence-corrected chi connectivity index (χ2v) is 11.3. The van der Waals surface area contributed by atoms with E-state index in [0.29, 0.717) is 10.6 Å². The Morgan fingerprint density at radius 1 is 0.829 bits per heavy atom. The second kappa shape index (κ2) is 12.4. The molecule has 0 aliphatic heterocycles. The van der Waals surface area contributed by atoms with Gasteiger partial charge in [0.2, 0.25) is 0 Å². The van der Waals surface area contributed by atoms with Crippen LogP contribution in [0.4, 0.5) is 0 Å². The first kappa shape index (κ1) is 28.1. The van der Waals surface area contributed by atoms with Gasteiger partial charge in [0.1, 0.15) is 0 Å². The van der Waals surface area contributed by atoms with Crippen LogP contribution in [0, 0.1) is 0 Å². The molecule has 1 aromatic heterocycles. The van der Waals surface area contributed by atoms with Crippen LogP contribution in [0.2, 0.25) is 5.02 Å². The van der Waals surface area contributed by atoms with Crippen LogP contribution in [-0.2, 0) is 0 Å². The molecule has 0 radical (unpaired) electrons. The lowest BCUT2D eigenvalue weighted by molar-refractivity contribution is 0.0696. The lowest BCUT2D eigenvalue weighted by Crippen LogP contribution is -2.21. The first-order valence-electron chi connectivity index (χ1n) is 12.9. The minimum atomic E-state index is -0.969. The molecule has 5 rings (SSSR count). The SMILES string of the molecule is CN(C)C(=O)c1ccc(SC(c2cccc(C=Cc3ccc4ccc(Cl)cc4n3)c2)c2cccc(C(=O)O)c2)cc1. The molecule has 0 bridgehead atoms. The summed E-state index contributed by atoms with van der Waals surface area (Å²) in [6.45, 7) is 0. The minimum absolute atomic E-state index is 0.0595. The number of hydrogen-bond acceptors (Lipinski definition) is 4. The van der Waals surface area contributed by atoms with Gasteiger partial charge in [-0.25, -0.2) is 9.78 Å². The molecular weight excluding hydrogens is 552 g/mol. The van der Waals surface area contributed by atoms with Crippen LogP contribution in [0.15, 0.2) is 108 Å². The number of fused-ring (bicyclic) bond motifs is 1. The maximum atomic E-state index is 12.3. The molecule has 1 atom stereocenters. The van der Waals surface area contributed by atoms with Gasteiger partial charge >= 0.3 is 5.97 Å². The van der Waals surface area contributed by atoms with Gasteiger partial charge in [0.25, 0.3) is 5.91 Å². The van der Waals surface area contributed by atoms with Crippen molar-refractivity contribution >= 4 is 58.3 Å². The number of aromatic carboxylic acids is 1. The smallest absolute Gasteiger partial charge is 0.335 e. The molecule has 1 amide bonds. The molecule has 0 spiro atoms. The maximum absolute atomic E-state index is 12.3. The Kier molecular flexibility index (Phi) is 8.53. The number of aromatic nitrogens is 1. The normalized spacial score (nSPS) is 12.0. The van der Waals surface area contributed by atoms with Gasteiger partial charge in [-0.15, -0.1) is 11.8 Å². The van der Waals surface area contributed by atoms with E-state index >= 15 is 0 Å². The Hall–Kier alpha value is -4.39. The highest BCUT2D eigenvalue weighted by Gasteiger charge is 2.18. The quantitative estimate of drug-likeness (QED) is 0.187. The summed E-state index contributed by atoms with van der Waals surface area (Å²) in [5.74, 6) is -1.03. The molecule has 0 fully saturated rings. The van der Waals surface area contributed by atoms with Gasteiger partial charge in [0.05, 0.1) is 22.0 Å². The molecule has 4 aromatic carbocycles. The van der Waals surface area contributed by atoms with Crippen molar-refractivity contribution in [2.75, 3.05) is 14.1 Å². The number of carboxylic acids is 1. The first-order valence-corrected chi connectivity index (χ1v) is 14.2. The van der Waals surface area contributed by atoms with Crippen LogP contribution in [0.5, 0.6) is 0 Å². The van der Waals surface area contributed by atoms with Crippen LogP contribution in [0.1, 0.15) is 48.4 Å². The van der Waals surface area contributed by atoms with E-state index in [1.54, 1.807) is 49.0 Å². The third-order valence-corrected chi connectivity index (χ3v) is 8.09. The van der Waals surface area contributed by atoms with E-state index in [4.69, 9.17) is 16.6 Å². The third-order valence-electron chi connectivity index (χ3n) is 6.53. The van der Waals surface area contributed by atoms with Crippen LogP contribution >= 0.6 is 23.4 Å². The van der Waals surface area contributed by atoms with E-state index in [1.165, 1.54) is 0 Å². The van der Waals surface area contributed by atoms with Crippen molar-refractivity contribution in [3.05, 3.63) is 142 Å². The Bertz CT molecular complexity index is 1770. The van der Waals surface area contributed by atoms with Crippen molar-refractivity contribution in [1.29, 1.82) is 0 Å². The van der Waals surface area contributed by atoms with Crippen molar-refractivity contribution in [3.63, 3.8) is 0 Å². The van der Waals surface area contributed by atoms with Crippen molar-refractivity contribution in [2.24, 2.45) is 0 Å². The number of carbonyl (C=O) groups excluding carboxylic acids is 1. The predicted molar refractivity (Wildman–Crippen MR) is 168 cm³/mol. The molecule has 5 aromatic rings. The van der Waals surface area contributed by atoms with Crippen molar-refractivity contribution in [2.45, 2.75) is 10.1 Å². The zero-order chi connectivity index (χ0) is 28.9. The summed E-state index contributed by atoms with van der Waals surface area (Å²) in [7, 11) is 3.45. The van der Waals surface area contributed by atoms with Crippen molar-refractivity contribution in [1.82, 2.24) is 9.88 Å². The molecule has 204 valence electrons. The Morgan fingerprint density at radius 3 is 2.27 bits per heavy atom. The van der Waals surface area contributed by atoms with Crippen molar-refractivity contribution in [3.8, 4) is 0 Å². The Morgan fingerprint density at radius 2 is 1.54 bits per heavy atom. The molecular formula is C34H27ClN2O3S. The third kappa shape index (κ3) is 6.85. The number of pyridine rings is 1. The van der Waals surface area contributed by atoms with Crippen LogP contribution in [0.25, 0.3) is 23.1 Å². The summed E-state index contributed by atoms with van der Waals surface area (Å²) in [6, 6.07) is 32.3. The van der Waals surface area contributed by atoms with Gasteiger partial charge in [-0.3, -0.25) is 4.79 Å². The Balaban J connectivity index is 1.47. The molecule has 0 saturated carbocycles. The van der Waals surface area contributed by atoms with E-state index in [2.05, 4.69) is 6.07 Å². The molecule has 1 unspecified atom stereocenters. The highest BCUT2D eigenvalue weighted by atomic mass is 35.5. The zero-order valence-corrected chi connectivity index (χ0v) is 24.1. The number of carbonyl (C=O) groups is 2. The molecule has 0 aliphatic rings. The average molecular weight is 579 g/mol. The highest BCUT2D eigenvalue weighted by Crippen LogP contribution is 2.41. The van der Waals surface area contributed by atoms with E-state index in [9.17, 15) is 14.7 Å². The van der Waals surface area contributed by atoms with Crippen molar-refractivity contribution < 1.29 is 14.7 Å². The van der Waals surface area contributed by atoms with Gasteiger partial charge in [0.15, 0.2) is 0 Å². The zero-order valence-electron chi connectivity index (χ0n) is 22.5. The number of halogens is 1. The van der Waals surface area contributed by atoms with E-state index in [1.807, 2.05) is 91.0 Å². The first-order chi connectivity index (χ1) is 19.8. The fraction of sp³-hybridized carbons (Fsp3) is 0.0882. The number of nitrogens with zero attached hydrogens (tertiary/aromatic N) is 2. The lowest BCUT2D eigenvalue weighted by Gasteiger charge is -2.19. The second-order valence-electron chi connectivity index (χ2n) is 9.73. The van der Waals surface area contributed by atoms with Gasteiger partial charge in [-0.05, 0) is 77.4 Å². The van der Waals surface area contributed by atoms with Gasteiger partial charge in [-0.2, -0.15) is 0 Å². The molecule has 0 saturated heterocycles. The van der Waals surface area contributed by atoms with Gasteiger partial charge in [-0.1, -0.05) is 66.2 Å². The predicted octanol–water partition coefficient (Wildman–Crippen LogP) is 8.34. The monoisotopic (exact) mass is 578 g/mol. The summed E-state index contributed by atoms with van der Waals surface area (Å²) < 4.78 is 0. The van der Waals surface area contributed by atoms with Crippen LogP contribution < -0.4 is 0 Å². The van der Waals surface area contributed by atoms with Crippen LogP contribution in [0.3, 0.4) is 0 Å². The average Bonchev–Trinajstić information content (AvgIpc) is 2.98. The number of hydrogen-bond donors (Lipinski definition) is 1. The molecule has 41 heavy (non-hydrogen) atoms. The maximum Gasteiger partial charge on any atom is 0.335 e. The largest absolute Gasteiger partial charge is 0.478 e. The summed E-state index contributed by atoms with van der Waals surface area (Å²) >= 11 is 7.75. The number of benzene rings is 4. The molecule has 0 aliphatic carbocycles.